The second-order valence-electron chi connectivity index (χ2n) is 9.72. The molecule has 0 saturated carbocycles. The molecule has 3 amide bonds. The number of carbonyl (C=O) groups is 2. The SMILES string of the molecule is COc1cc2c(NC(=O)Nc3c(Cl)cccc3Cl)ncnc2cc1C#CCCCCN(C)N(C=O)OC(C)(C)C. The Kier molecular flexibility index (Phi) is 10.9. The first-order valence-electron chi connectivity index (χ1n) is 12.5. The maximum Gasteiger partial charge on any atom is 0.324 e. The van der Waals surface area contributed by atoms with E-state index in [9.17, 15) is 9.59 Å². The van der Waals surface area contributed by atoms with Crippen LogP contribution in [0.4, 0.5) is 16.3 Å². The summed E-state index contributed by atoms with van der Waals surface area (Å²) in [5, 5.41) is 9.49. The molecule has 0 spiro atoms. The number of hydrogen-bond donors (Lipinski definition) is 2. The summed E-state index contributed by atoms with van der Waals surface area (Å²) >= 11 is 12.3. The minimum atomic E-state index is -0.565. The number of nitrogens with zero attached hydrogens (tertiary/aromatic N) is 4. The fourth-order valence-corrected chi connectivity index (χ4v) is 4.07. The fraction of sp³-hybridized carbons (Fsp3) is 0.357. The first kappa shape index (κ1) is 30.9. The molecule has 0 saturated heterocycles. The van der Waals surface area contributed by atoms with Gasteiger partial charge in [-0.15, -0.1) is 5.17 Å². The van der Waals surface area contributed by atoms with E-state index in [2.05, 4.69) is 32.4 Å². The second kappa shape index (κ2) is 14.1. The van der Waals surface area contributed by atoms with Crippen molar-refractivity contribution in [2.24, 2.45) is 0 Å². The first-order chi connectivity index (χ1) is 19.0. The highest BCUT2D eigenvalue weighted by molar-refractivity contribution is 6.39. The minimum absolute atomic E-state index is 0.285. The van der Waals surface area contributed by atoms with Gasteiger partial charge in [-0.05, 0) is 57.9 Å². The highest BCUT2D eigenvalue weighted by Crippen LogP contribution is 2.31. The number of anilines is 2. The molecule has 0 fully saturated rings. The number of methoxy groups -OCH3 is 1. The zero-order chi connectivity index (χ0) is 29.3. The van der Waals surface area contributed by atoms with Gasteiger partial charge in [0.1, 0.15) is 17.9 Å². The van der Waals surface area contributed by atoms with Crippen LogP contribution in [0.2, 0.25) is 10.0 Å². The van der Waals surface area contributed by atoms with Crippen molar-refractivity contribution in [2.75, 3.05) is 31.3 Å². The van der Waals surface area contributed by atoms with Crippen molar-refractivity contribution in [1.29, 1.82) is 0 Å². The molecule has 0 aliphatic carbocycles. The number of para-hydroxylation sites is 1. The molecule has 10 nitrogen and oxygen atoms in total. The van der Waals surface area contributed by atoms with Crippen LogP contribution in [0, 0.1) is 11.8 Å². The van der Waals surface area contributed by atoms with E-state index in [1.165, 1.54) is 11.5 Å². The second-order valence-corrected chi connectivity index (χ2v) is 10.5. The van der Waals surface area contributed by atoms with Crippen LogP contribution in [0.25, 0.3) is 10.9 Å². The summed E-state index contributed by atoms with van der Waals surface area (Å²) in [6, 6.07) is 7.89. The number of rotatable bonds is 10. The van der Waals surface area contributed by atoms with E-state index in [0.29, 0.717) is 57.3 Å². The van der Waals surface area contributed by atoms with E-state index in [-0.39, 0.29) is 5.82 Å². The number of unbranched alkanes of at least 4 members (excludes halogenated alkanes) is 2. The van der Waals surface area contributed by atoms with Crippen LogP contribution in [0.1, 0.15) is 45.6 Å². The largest absolute Gasteiger partial charge is 0.495 e. The first-order valence-corrected chi connectivity index (χ1v) is 13.3. The third-order valence-electron chi connectivity index (χ3n) is 5.44. The molecule has 0 aliphatic rings. The van der Waals surface area contributed by atoms with E-state index in [1.54, 1.807) is 49.5 Å². The van der Waals surface area contributed by atoms with Gasteiger partial charge in [0.05, 0.1) is 39.5 Å². The zero-order valence-corrected chi connectivity index (χ0v) is 24.6. The lowest BCUT2D eigenvalue weighted by atomic mass is 10.1. The van der Waals surface area contributed by atoms with E-state index < -0.39 is 11.6 Å². The van der Waals surface area contributed by atoms with Gasteiger partial charge < -0.3 is 10.1 Å². The molecule has 0 radical (unpaired) electrons. The lowest BCUT2D eigenvalue weighted by molar-refractivity contribution is -0.293. The Morgan fingerprint density at radius 1 is 1.12 bits per heavy atom. The number of aromatic nitrogens is 2. The van der Waals surface area contributed by atoms with Crippen LogP contribution >= 0.6 is 23.2 Å². The molecule has 0 aliphatic heterocycles. The molecule has 0 bridgehead atoms. The molecule has 2 N–H and O–H groups in total. The summed E-state index contributed by atoms with van der Waals surface area (Å²) < 4.78 is 5.55. The number of benzene rings is 2. The number of hydrazine groups is 1. The molecule has 0 atom stereocenters. The van der Waals surface area contributed by atoms with Gasteiger partial charge in [-0.3, -0.25) is 10.1 Å². The summed E-state index contributed by atoms with van der Waals surface area (Å²) in [4.78, 5) is 38.1. The molecule has 1 heterocycles. The van der Waals surface area contributed by atoms with Gasteiger partial charge in [0.2, 0.25) is 6.41 Å². The zero-order valence-electron chi connectivity index (χ0n) is 23.0. The standard InChI is InChI=1S/C28H32Cl2N6O4/c1-28(2,3)40-36(18-37)35(4)14-9-7-6-8-11-19-15-23-20(16-24(19)39-5)26(32-17-31-23)34-27(38)33-25-21(29)12-10-13-22(25)30/h10,12-13,15-18H,6-7,9,14H2,1-5H3,(H2,31,32,33,34,38). The van der Waals surface area contributed by atoms with Crippen LogP contribution in [-0.4, -0.2) is 58.9 Å². The number of fused-ring (bicyclic) bond motifs is 1. The fourth-order valence-electron chi connectivity index (χ4n) is 3.58. The number of nitrogens with one attached hydrogen (secondary N) is 2. The lowest BCUT2D eigenvalue weighted by Crippen LogP contribution is -2.44. The van der Waals surface area contributed by atoms with Crippen molar-refractivity contribution in [1.82, 2.24) is 20.1 Å². The monoisotopic (exact) mass is 586 g/mol. The van der Waals surface area contributed by atoms with Gasteiger partial charge in [0.25, 0.3) is 0 Å². The minimum Gasteiger partial charge on any atom is -0.495 e. The molecule has 3 aromatic rings. The van der Waals surface area contributed by atoms with E-state index in [0.717, 1.165) is 12.8 Å². The molecule has 2 aromatic carbocycles. The van der Waals surface area contributed by atoms with Crippen molar-refractivity contribution < 1.29 is 19.2 Å². The van der Waals surface area contributed by atoms with Crippen LogP contribution in [0.5, 0.6) is 5.75 Å². The summed E-state index contributed by atoms with van der Waals surface area (Å²) in [5.41, 5.74) is 1.07. The van der Waals surface area contributed by atoms with Crippen LogP contribution in [0.15, 0.2) is 36.7 Å². The Bertz CT molecular complexity index is 1400. The summed E-state index contributed by atoms with van der Waals surface area (Å²) in [7, 11) is 3.34. The van der Waals surface area contributed by atoms with Crippen LogP contribution in [0.3, 0.4) is 0 Å². The van der Waals surface area contributed by atoms with Crippen LogP contribution < -0.4 is 15.4 Å². The maximum atomic E-state index is 12.7. The summed E-state index contributed by atoms with van der Waals surface area (Å²) in [6.07, 6.45) is 4.31. The van der Waals surface area contributed by atoms with E-state index in [1.807, 2.05) is 20.8 Å². The molecule has 3 rings (SSSR count). The Morgan fingerprint density at radius 2 is 1.85 bits per heavy atom. The topological polar surface area (TPSA) is 109 Å². The molecule has 40 heavy (non-hydrogen) atoms. The van der Waals surface area contributed by atoms with Crippen LogP contribution in [-0.2, 0) is 9.63 Å². The van der Waals surface area contributed by atoms with E-state index >= 15 is 0 Å². The number of hydroxylamine groups is 1. The number of amides is 3. The van der Waals surface area contributed by atoms with Gasteiger partial charge in [0.15, 0.2) is 0 Å². The molecular weight excluding hydrogens is 555 g/mol. The van der Waals surface area contributed by atoms with Crippen molar-refractivity contribution in [2.45, 2.75) is 45.6 Å². The number of carbonyl (C=O) groups excluding carboxylic acids is 2. The number of halogens is 2. The average Bonchev–Trinajstić information content (AvgIpc) is 2.90. The van der Waals surface area contributed by atoms with Crippen molar-refractivity contribution >= 4 is 58.1 Å². The number of ether oxygens (including phenoxy) is 1. The molecule has 1 aromatic heterocycles. The van der Waals surface area contributed by atoms with Crippen molar-refractivity contribution in [3.05, 3.63) is 52.3 Å². The van der Waals surface area contributed by atoms with Gasteiger partial charge in [0, 0.05) is 25.4 Å². The Balaban J connectivity index is 1.65. The Morgan fingerprint density at radius 3 is 2.50 bits per heavy atom. The van der Waals surface area contributed by atoms with Crippen molar-refractivity contribution in [3.8, 4) is 17.6 Å². The average molecular weight is 588 g/mol. The van der Waals surface area contributed by atoms with Gasteiger partial charge in [-0.1, -0.05) is 41.1 Å². The highest BCUT2D eigenvalue weighted by Gasteiger charge is 2.19. The molecule has 212 valence electrons. The summed E-state index contributed by atoms with van der Waals surface area (Å²) in [6.45, 7) is 6.28. The number of urea groups is 1. The van der Waals surface area contributed by atoms with Crippen molar-refractivity contribution in [3.63, 3.8) is 0 Å². The van der Waals surface area contributed by atoms with Gasteiger partial charge in [-0.2, -0.15) is 5.01 Å². The predicted octanol–water partition coefficient (Wildman–Crippen LogP) is 6.15. The Hall–Kier alpha value is -3.62. The molecular formula is C28H32Cl2N6O4. The van der Waals surface area contributed by atoms with E-state index in [4.69, 9.17) is 32.8 Å². The lowest BCUT2D eigenvalue weighted by Gasteiger charge is -2.32. The maximum absolute atomic E-state index is 12.7. The molecule has 0 unspecified atom stereocenters. The predicted molar refractivity (Wildman–Crippen MR) is 157 cm³/mol. The highest BCUT2D eigenvalue weighted by atomic mass is 35.5. The smallest absolute Gasteiger partial charge is 0.324 e. The summed E-state index contributed by atoms with van der Waals surface area (Å²) in [5.74, 6) is 7.12. The third kappa shape index (κ3) is 8.69. The van der Waals surface area contributed by atoms with Gasteiger partial charge in [-0.25, -0.2) is 19.6 Å². The Labute approximate surface area is 243 Å². The molecule has 12 heteroatoms. The van der Waals surface area contributed by atoms with Gasteiger partial charge >= 0.3 is 6.03 Å². The number of hydrogen-bond acceptors (Lipinski definition) is 7. The third-order valence-corrected chi connectivity index (χ3v) is 6.07. The quantitative estimate of drug-likeness (QED) is 0.127. The normalized spacial score (nSPS) is 11.1.